The second kappa shape index (κ2) is 9.24. The summed E-state index contributed by atoms with van der Waals surface area (Å²) in [5.41, 5.74) is -2.62. The largest absolute Gasteiger partial charge is 0.478 e. The third-order valence-electron chi connectivity index (χ3n) is 6.76. The number of benzene rings is 3. The van der Waals surface area contributed by atoms with E-state index in [9.17, 15) is 27.9 Å². The topological polar surface area (TPSA) is 84.5 Å². The zero-order chi connectivity index (χ0) is 27.4. The molecule has 0 bridgehead atoms. The van der Waals surface area contributed by atoms with E-state index in [-0.39, 0.29) is 26.7 Å². The second-order valence-corrected chi connectivity index (χ2v) is 9.64. The van der Waals surface area contributed by atoms with Crippen LogP contribution in [0.3, 0.4) is 0 Å². The minimum Gasteiger partial charge on any atom is -0.478 e. The van der Waals surface area contributed by atoms with Crippen molar-refractivity contribution in [1.82, 2.24) is 9.13 Å². The number of carboxylic acid groups (broad SMARTS) is 1. The summed E-state index contributed by atoms with van der Waals surface area (Å²) >= 11 is 12.7. The van der Waals surface area contributed by atoms with E-state index in [4.69, 9.17) is 28.3 Å². The maximum atomic E-state index is 14.5. The summed E-state index contributed by atoms with van der Waals surface area (Å²) in [6, 6.07) is 12.1. The number of carbonyl (C=O) groups is 1. The van der Waals surface area contributed by atoms with Crippen molar-refractivity contribution in [3.05, 3.63) is 91.8 Å². The molecular weight excluding hydrogens is 532 g/mol. The van der Waals surface area contributed by atoms with Gasteiger partial charge in [0.1, 0.15) is 0 Å². The zero-order valence-electron chi connectivity index (χ0n) is 19.8. The number of aromatic nitrogens is 2. The predicted molar refractivity (Wildman–Crippen MR) is 135 cm³/mol. The van der Waals surface area contributed by atoms with E-state index >= 15 is 0 Å². The van der Waals surface area contributed by atoms with Gasteiger partial charge in [-0.2, -0.15) is 13.2 Å². The van der Waals surface area contributed by atoms with Crippen LogP contribution in [0.4, 0.5) is 13.2 Å². The number of rotatable bonds is 5. The van der Waals surface area contributed by atoms with E-state index < -0.39 is 34.9 Å². The van der Waals surface area contributed by atoms with Gasteiger partial charge in [-0.05, 0) is 47.0 Å². The first-order valence-corrected chi connectivity index (χ1v) is 11.7. The molecule has 11 heteroatoms. The highest BCUT2D eigenvalue weighted by Crippen LogP contribution is 2.50. The number of fused-ring (bicyclic) bond motifs is 1. The van der Waals surface area contributed by atoms with Gasteiger partial charge < -0.3 is 10.2 Å². The van der Waals surface area contributed by atoms with Crippen molar-refractivity contribution < 1.29 is 28.2 Å². The van der Waals surface area contributed by atoms with E-state index in [0.29, 0.717) is 16.6 Å². The molecule has 0 radical (unpaired) electrons. The Hall–Kier alpha value is -3.27. The molecule has 1 aromatic heterocycles. The van der Waals surface area contributed by atoms with E-state index in [0.717, 1.165) is 12.1 Å². The molecule has 0 amide bonds. The second-order valence-electron chi connectivity index (χ2n) is 8.83. The number of aryl methyl sites for hydroxylation is 2. The smallest absolute Gasteiger partial charge is 0.422 e. The normalized spacial score (nSPS) is 14.5. The van der Waals surface area contributed by atoms with Crippen LogP contribution < -0.4 is 5.69 Å². The monoisotopic (exact) mass is 552 g/mol. The van der Waals surface area contributed by atoms with Crippen LogP contribution in [0.1, 0.15) is 34.3 Å². The Morgan fingerprint density at radius 2 is 1.57 bits per heavy atom. The third kappa shape index (κ3) is 4.31. The van der Waals surface area contributed by atoms with Gasteiger partial charge in [0.25, 0.3) is 0 Å². The van der Waals surface area contributed by atoms with Crippen molar-refractivity contribution in [2.24, 2.45) is 14.1 Å². The Labute approximate surface area is 219 Å². The predicted octanol–water partition coefficient (Wildman–Crippen LogP) is 6.10. The molecule has 0 saturated carbocycles. The van der Waals surface area contributed by atoms with Crippen LogP contribution in [0.5, 0.6) is 0 Å². The van der Waals surface area contributed by atoms with Gasteiger partial charge in [-0.15, -0.1) is 0 Å². The number of nitrogens with zero attached hydrogens (tertiary/aromatic N) is 2. The first kappa shape index (κ1) is 26.8. The molecule has 194 valence electrons. The molecule has 6 nitrogen and oxygen atoms in total. The molecule has 0 aliphatic carbocycles. The summed E-state index contributed by atoms with van der Waals surface area (Å²) in [6.45, 7) is 1.22. The molecule has 0 saturated heterocycles. The SMILES string of the molecule is C[C@H](c1ccc(-c2ccc(C(=O)O)cc2Cl)cc1Cl)[C@@](O)(c1ccc2c(c1)n(C)c(=O)n2C)C(F)(F)F. The number of hydrogen-bond acceptors (Lipinski definition) is 3. The quantitative estimate of drug-likeness (QED) is 0.313. The maximum Gasteiger partial charge on any atom is 0.422 e. The lowest BCUT2D eigenvalue weighted by Crippen LogP contribution is -2.46. The van der Waals surface area contributed by atoms with Crippen LogP contribution in [0, 0.1) is 0 Å². The fourth-order valence-corrected chi connectivity index (χ4v) is 5.19. The number of carboxylic acids is 1. The van der Waals surface area contributed by atoms with Gasteiger partial charge in [0, 0.05) is 35.6 Å². The minimum absolute atomic E-state index is 0.0202. The standard InChI is InChI=1S/C26H21Cl2F3N2O4/c1-13(17-7-4-14(10-19(17)27)18-8-5-15(23(34)35)11-20(18)28)25(37,26(29,30)31)16-6-9-21-22(12-16)33(3)24(36)32(21)2/h4-13,37H,1-3H3,(H,34,35)/t13-,25-/m1/s1. The van der Waals surface area contributed by atoms with Crippen LogP contribution in [0.2, 0.25) is 10.0 Å². The number of alkyl halides is 3. The Morgan fingerprint density at radius 1 is 0.919 bits per heavy atom. The molecular formula is C26H21Cl2F3N2O4. The van der Waals surface area contributed by atoms with Crippen LogP contribution in [-0.4, -0.2) is 31.5 Å². The number of hydrogen-bond donors (Lipinski definition) is 2. The van der Waals surface area contributed by atoms with Gasteiger partial charge in [-0.1, -0.05) is 54.4 Å². The van der Waals surface area contributed by atoms with Gasteiger partial charge in [0.2, 0.25) is 0 Å². The molecule has 2 N–H and O–H groups in total. The number of aliphatic hydroxyl groups is 1. The van der Waals surface area contributed by atoms with Crippen molar-refractivity contribution in [2.45, 2.75) is 24.6 Å². The molecule has 0 fully saturated rings. The summed E-state index contributed by atoms with van der Waals surface area (Å²) in [7, 11) is 2.94. The van der Waals surface area contributed by atoms with Crippen LogP contribution >= 0.6 is 23.2 Å². The average molecular weight is 553 g/mol. The highest BCUT2D eigenvalue weighted by atomic mass is 35.5. The highest BCUT2D eigenvalue weighted by molar-refractivity contribution is 6.34. The highest BCUT2D eigenvalue weighted by Gasteiger charge is 2.59. The molecule has 2 atom stereocenters. The first-order chi connectivity index (χ1) is 17.2. The number of imidazole rings is 1. The Kier molecular flexibility index (Phi) is 6.69. The molecule has 1 heterocycles. The first-order valence-electron chi connectivity index (χ1n) is 11.0. The summed E-state index contributed by atoms with van der Waals surface area (Å²) in [6.07, 6.45) is -5.09. The van der Waals surface area contributed by atoms with Crippen LogP contribution in [0.15, 0.2) is 59.4 Å². The van der Waals surface area contributed by atoms with Crippen molar-refractivity contribution in [3.63, 3.8) is 0 Å². The zero-order valence-corrected chi connectivity index (χ0v) is 21.3. The van der Waals surface area contributed by atoms with Gasteiger partial charge >= 0.3 is 17.8 Å². The van der Waals surface area contributed by atoms with Crippen LogP contribution in [0.25, 0.3) is 22.2 Å². The summed E-state index contributed by atoms with van der Waals surface area (Å²) in [4.78, 5) is 23.4. The lowest BCUT2D eigenvalue weighted by atomic mass is 9.77. The molecule has 0 unspecified atom stereocenters. The molecule has 0 spiro atoms. The molecule has 3 aromatic carbocycles. The molecule has 0 aliphatic rings. The Balaban J connectivity index is 1.82. The molecule has 4 aromatic rings. The van der Waals surface area contributed by atoms with E-state index in [1.807, 2.05) is 0 Å². The van der Waals surface area contributed by atoms with Crippen molar-refractivity contribution in [3.8, 4) is 11.1 Å². The molecule has 4 rings (SSSR count). The van der Waals surface area contributed by atoms with Crippen molar-refractivity contribution >= 4 is 40.2 Å². The van der Waals surface area contributed by atoms with Crippen molar-refractivity contribution in [1.29, 1.82) is 0 Å². The lowest BCUT2D eigenvalue weighted by molar-refractivity contribution is -0.274. The van der Waals surface area contributed by atoms with Gasteiger partial charge in [0.05, 0.1) is 16.6 Å². The van der Waals surface area contributed by atoms with Gasteiger partial charge in [-0.25, -0.2) is 9.59 Å². The average Bonchev–Trinajstić information content (AvgIpc) is 3.05. The lowest BCUT2D eigenvalue weighted by Gasteiger charge is -2.37. The number of aromatic carboxylic acids is 1. The van der Waals surface area contributed by atoms with Crippen LogP contribution in [-0.2, 0) is 19.7 Å². The van der Waals surface area contributed by atoms with E-state index in [1.54, 1.807) is 0 Å². The van der Waals surface area contributed by atoms with Gasteiger partial charge in [-0.3, -0.25) is 9.13 Å². The Bertz CT molecular complexity index is 1610. The molecule has 0 aliphatic heterocycles. The fourth-order valence-electron chi connectivity index (χ4n) is 4.56. The third-order valence-corrected chi connectivity index (χ3v) is 7.40. The van der Waals surface area contributed by atoms with Crippen molar-refractivity contribution in [2.75, 3.05) is 0 Å². The maximum absolute atomic E-state index is 14.5. The Morgan fingerprint density at radius 3 is 2.14 bits per heavy atom. The molecule has 37 heavy (non-hydrogen) atoms. The summed E-state index contributed by atoms with van der Waals surface area (Å²) in [5, 5.41) is 20.5. The summed E-state index contributed by atoms with van der Waals surface area (Å²) < 4.78 is 46.0. The summed E-state index contributed by atoms with van der Waals surface area (Å²) in [5.74, 6) is -2.70. The minimum atomic E-state index is -5.09. The van der Waals surface area contributed by atoms with E-state index in [1.165, 1.54) is 72.6 Å². The fraction of sp³-hybridized carbons (Fsp3) is 0.231. The number of halogens is 5. The van der Waals surface area contributed by atoms with Gasteiger partial charge in [0.15, 0.2) is 5.60 Å². The van der Waals surface area contributed by atoms with E-state index in [2.05, 4.69) is 0 Å².